The lowest BCUT2D eigenvalue weighted by atomic mass is 9.89. The summed E-state index contributed by atoms with van der Waals surface area (Å²) in [5.41, 5.74) is 0.414. The molecule has 82 valence electrons. The summed E-state index contributed by atoms with van der Waals surface area (Å²) in [5, 5.41) is 3.48. The first-order valence-corrected chi connectivity index (χ1v) is 5.71. The Bertz CT molecular complexity index is 190. The summed E-state index contributed by atoms with van der Waals surface area (Å²) in [6.45, 7) is 11.3. The van der Waals surface area contributed by atoms with Crippen LogP contribution in [0.2, 0.25) is 0 Å². The van der Waals surface area contributed by atoms with Crippen molar-refractivity contribution in [2.45, 2.75) is 26.3 Å². The van der Waals surface area contributed by atoms with Gasteiger partial charge in [-0.2, -0.15) is 0 Å². The summed E-state index contributed by atoms with van der Waals surface area (Å²) in [4.78, 5) is 2.58. The Morgan fingerprint density at radius 3 is 3.07 bits per heavy atom. The third-order valence-electron chi connectivity index (χ3n) is 3.36. The second-order valence-electron chi connectivity index (χ2n) is 5.20. The summed E-state index contributed by atoms with van der Waals surface area (Å²) in [6, 6.07) is 0.648. The molecule has 0 saturated carbocycles. The van der Waals surface area contributed by atoms with Crippen LogP contribution in [0, 0.1) is 5.41 Å². The minimum Gasteiger partial charge on any atom is -0.381 e. The maximum atomic E-state index is 5.49. The average Bonchev–Trinajstić information content (AvgIpc) is 2.51. The smallest absolute Gasteiger partial charge is 0.0532 e. The summed E-state index contributed by atoms with van der Waals surface area (Å²) in [6.07, 6.45) is 1.23. The van der Waals surface area contributed by atoms with Gasteiger partial charge in [0.15, 0.2) is 0 Å². The van der Waals surface area contributed by atoms with Crippen molar-refractivity contribution >= 4 is 0 Å². The topological polar surface area (TPSA) is 24.5 Å². The number of nitrogens with zero attached hydrogens (tertiary/aromatic N) is 1. The molecule has 0 aromatic rings. The molecule has 3 nitrogen and oxygen atoms in total. The molecule has 2 atom stereocenters. The molecule has 0 spiro atoms. The van der Waals surface area contributed by atoms with Crippen LogP contribution in [0.1, 0.15) is 20.3 Å². The Morgan fingerprint density at radius 1 is 1.57 bits per heavy atom. The third kappa shape index (κ3) is 2.47. The molecule has 0 amide bonds. The lowest BCUT2D eigenvalue weighted by Gasteiger charge is -2.36. The van der Waals surface area contributed by atoms with Crippen molar-refractivity contribution in [1.29, 1.82) is 0 Å². The number of rotatable bonds is 2. The standard InChI is InChI=1S/C11H22N2O/c1-10-7-13(5-4-12-10)8-11(2)3-6-14-9-11/h10,12H,3-9H2,1-2H3. The Balaban J connectivity index is 1.83. The van der Waals surface area contributed by atoms with Crippen LogP contribution < -0.4 is 5.32 Å². The van der Waals surface area contributed by atoms with E-state index >= 15 is 0 Å². The molecule has 0 aliphatic carbocycles. The number of nitrogens with one attached hydrogen (secondary N) is 1. The van der Waals surface area contributed by atoms with E-state index in [2.05, 4.69) is 24.1 Å². The van der Waals surface area contributed by atoms with E-state index in [1.807, 2.05) is 0 Å². The fourth-order valence-corrected chi connectivity index (χ4v) is 2.53. The minimum atomic E-state index is 0.414. The highest BCUT2D eigenvalue weighted by molar-refractivity contribution is 4.85. The predicted molar refractivity (Wildman–Crippen MR) is 57.4 cm³/mol. The molecule has 0 radical (unpaired) electrons. The van der Waals surface area contributed by atoms with Gasteiger partial charge in [-0.25, -0.2) is 0 Å². The van der Waals surface area contributed by atoms with Crippen molar-refractivity contribution in [1.82, 2.24) is 10.2 Å². The van der Waals surface area contributed by atoms with Crippen LogP contribution in [-0.2, 0) is 4.74 Å². The highest BCUT2D eigenvalue weighted by Gasteiger charge is 2.32. The summed E-state index contributed by atoms with van der Waals surface area (Å²) in [7, 11) is 0. The molecular weight excluding hydrogens is 176 g/mol. The summed E-state index contributed by atoms with van der Waals surface area (Å²) < 4.78 is 5.49. The van der Waals surface area contributed by atoms with Gasteiger partial charge < -0.3 is 10.1 Å². The Morgan fingerprint density at radius 2 is 2.43 bits per heavy atom. The maximum absolute atomic E-state index is 5.49. The van der Waals surface area contributed by atoms with Gasteiger partial charge in [0.1, 0.15) is 0 Å². The first kappa shape index (κ1) is 10.4. The summed E-state index contributed by atoms with van der Waals surface area (Å²) >= 11 is 0. The Labute approximate surface area is 86.8 Å². The molecule has 2 unspecified atom stereocenters. The van der Waals surface area contributed by atoms with E-state index < -0.39 is 0 Å². The van der Waals surface area contributed by atoms with Crippen LogP contribution in [0.25, 0.3) is 0 Å². The van der Waals surface area contributed by atoms with Gasteiger partial charge in [0.05, 0.1) is 6.61 Å². The number of hydrogen-bond acceptors (Lipinski definition) is 3. The van der Waals surface area contributed by atoms with E-state index in [4.69, 9.17) is 4.74 Å². The zero-order chi connectivity index (χ0) is 10.0. The van der Waals surface area contributed by atoms with Crippen LogP contribution in [0.4, 0.5) is 0 Å². The first-order chi connectivity index (χ1) is 6.68. The highest BCUT2D eigenvalue weighted by Crippen LogP contribution is 2.28. The average molecular weight is 198 g/mol. The second kappa shape index (κ2) is 4.17. The third-order valence-corrected chi connectivity index (χ3v) is 3.36. The fraction of sp³-hybridized carbons (Fsp3) is 1.00. The molecule has 2 fully saturated rings. The molecule has 2 aliphatic rings. The molecule has 1 N–H and O–H groups in total. The largest absolute Gasteiger partial charge is 0.381 e. The second-order valence-corrected chi connectivity index (χ2v) is 5.20. The Hall–Kier alpha value is -0.120. The van der Waals surface area contributed by atoms with Crippen molar-refractivity contribution in [3.05, 3.63) is 0 Å². The minimum absolute atomic E-state index is 0.414. The van der Waals surface area contributed by atoms with Gasteiger partial charge in [-0.1, -0.05) is 6.92 Å². The van der Waals surface area contributed by atoms with Crippen molar-refractivity contribution in [2.24, 2.45) is 5.41 Å². The zero-order valence-electron chi connectivity index (χ0n) is 9.38. The van der Waals surface area contributed by atoms with Crippen molar-refractivity contribution in [3.8, 4) is 0 Å². The van der Waals surface area contributed by atoms with Crippen LogP contribution >= 0.6 is 0 Å². The maximum Gasteiger partial charge on any atom is 0.0532 e. The summed E-state index contributed by atoms with van der Waals surface area (Å²) in [5.74, 6) is 0. The molecule has 14 heavy (non-hydrogen) atoms. The molecule has 0 aromatic carbocycles. The van der Waals surface area contributed by atoms with Crippen LogP contribution in [-0.4, -0.2) is 50.3 Å². The number of hydrogen-bond donors (Lipinski definition) is 1. The molecule has 0 bridgehead atoms. The number of ether oxygens (including phenoxy) is 1. The van der Waals surface area contributed by atoms with Gasteiger partial charge in [-0.05, 0) is 13.3 Å². The van der Waals surface area contributed by atoms with Gasteiger partial charge in [-0.15, -0.1) is 0 Å². The SMILES string of the molecule is CC1CN(CC2(C)CCOC2)CCN1. The van der Waals surface area contributed by atoms with E-state index in [9.17, 15) is 0 Å². The van der Waals surface area contributed by atoms with Crippen molar-refractivity contribution in [2.75, 3.05) is 39.4 Å². The van der Waals surface area contributed by atoms with Crippen LogP contribution in [0.15, 0.2) is 0 Å². The molecule has 2 saturated heterocycles. The molecule has 0 aromatic heterocycles. The van der Waals surface area contributed by atoms with Crippen molar-refractivity contribution in [3.63, 3.8) is 0 Å². The zero-order valence-corrected chi connectivity index (χ0v) is 9.38. The van der Waals surface area contributed by atoms with E-state index in [-0.39, 0.29) is 0 Å². The van der Waals surface area contributed by atoms with Gasteiger partial charge in [-0.3, -0.25) is 4.90 Å². The van der Waals surface area contributed by atoms with Crippen LogP contribution in [0.3, 0.4) is 0 Å². The van der Waals surface area contributed by atoms with E-state index in [1.165, 1.54) is 26.1 Å². The predicted octanol–water partition coefficient (Wildman–Crippen LogP) is 0.707. The van der Waals surface area contributed by atoms with Gasteiger partial charge >= 0.3 is 0 Å². The quantitative estimate of drug-likeness (QED) is 0.707. The fourth-order valence-electron chi connectivity index (χ4n) is 2.53. The van der Waals surface area contributed by atoms with Gasteiger partial charge in [0, 0.05) is 44.2 Å². The normalized spacial score (nSPS) is 40.3. The van der Waals surface area contributed by atoms with Crippen LogP contribution in [0.5, 0.6) is 0 Å². The molecule has 3 heteroatoms. The van der Waals surface area contributed by atoms with Gasteiger partial charge in [0.25, 0.3) is 0 Å². The monoisotopic (exact) mass is 198 g/mol. The highest BCUT2D eigenvalue weighted by atomic mass is 16.5. The molecule has 2 aliphatic heterocycles. The molecule has 2 heterocycles. The Kier molecular flexibility index (Phi) is 3.10. The van der Waals surface area contributed by atoms with E-state index in [0.29, 0.717) is 11.5 Å². The van der Waals surface area contributed by atoms with Crippen molar-refractivity contribution < 1.29 is 4.74 Å². The molecular formula is C11H22N2O. The van der Waals surface area contributed by atoms with Gasteiger partial charge in [0.2, 0.25) is 0 Å². The lowest BCUT2D eigenvalue weighted by Crippen LogP contribution is -2.51. The van der Waals surface area contributed by atoms with E-state index in [1.54, 1.807) is 0 Å². The first-order valence-electron chi connectivity index (χ1n) is 5.71. The number of piperazine rings is 1. The lowest BCUT2D eigenvalue weighted by molar-refractivity contribution is 0.105. The van der Waals surface area contributed by atoms with E-state index in [0.717, 1.165) is 19.8 Å². The molecule has 2 rings (SSSR count).